The van der Waals surface area contributed by atoms with Gasteiger partial charge >= 0.3 is 0 Å². The maximum atomic E-state index is 2.55. The first-order valence-electron chi connectivity index (χ1n) is 12.4. The zero-order chi connectivity index (χ0) is 22.3. The zero-order valence-corrected chi connectivity index (χ0v) is 22.0. The normalized spacial score (nSPS) is 11.7. The molecule has 1 heteroatoms. The number of rotatable bonds is 11. The van der Waals surface area contributed by atoms with Crippen LogP contribution in [-0.2, 0) is 19.3 Å². The van der Waals surface area contributed by atoms with Gasteiger partial charge in [0.15, 0.2) is 0 Å². The third kappa shape index (κ3) is 5.56. The van der Waals surface area contributed by atoms with E-state index < -0.39 is 0 Å². The lowest BCUT2D eigenvalue weighted by Crippen LogP contribution is -2.15. The summed E-state index contributed by atoms with van der Waals surface area (Å²) >= 11 is 0. The molecule has 2 aromatic carbocycles. The van der Waals surface area contributed by atoms with Crippen molar-refractivity contribution in [2.45, 2.75) is 107 Å². The molecule has 30 heavy (non-hydrogen) atoms. The van der Waals surface area contributed by atoms with Crippen molar-refractivity contribution in [2.75, 3.05) is 6.16 Å². The van der Waals surface area contributed by atoms with Crippen LogP contribution in [0.3, 0.4) is 0 Å². The topological polar surface area (TPSA) is 0 Å². The van der Waals surface area contributed by atoms with Gasteiger partial charge in [0.25, 0.3) is 0 Å². The first kappa shape index (κ1) is 25.1. The van der Waals surface area contributed by atoms with Gasteiger partial charge in [0.2, 0.25) is 0 Å². The van der Waals surface area contributed by atoms with Crippen molar-refractivity contribution in [1.29, 1.82) is 0 Å². The number of aryl methyl sites for hydroxylation is 3. The molecule has 0 amide bonds. The molecular weight excluding hydrogens is 379 g/mol. The van der Waals surface area contributed by atoms with Gasteiger partial charge in [-0.15, -0.1) is 0 Å². The zero-order valence-electron chi connectivity index (χ0n) is 21.0. The van der Waals surface area contributed by atoms with E-state index in [-0.39, 0.29) is 0 Å². The summed E-state index contributed by atoms with van der Waals surface area (Å²) in [6.45, 7) is 18.7. The fraction of sp³-hybridized carbons (Fsp3) is 0.586. The van der Waals surface area contributed by atoms with Gasteiger partial charge in [-0.1, -0.05) is 74.1 Å². The fourth-order valence-electron chi connectivity index (χ4n) is 4.76. The van der Waals surface area contributed by atoms with E-state index in [1.165, 1.54) is 74.2 Å². The Bertz CT molecular complexity index is 817. The van der Waals surface area contributed by atoms with E-state index in [9.17, 15) is 0 Å². The second-order valence-electron chi connectivity index (χ2n) is 9.07. The number of benzene rings is 2. The lowest BCUT2D eigenvalue weighted by molar-refractivity contribution is 0.873. The van der Waals surface area contributed by atoms with Crippen molar-refractivity contribution in [3.8, 4) is 11.1 Å². The molecule has 0 saturated heterocycles. The minimum atomic E-state index is 0.918. The lowest BCUT2D eigenvalue weighted by Gasteiger charge is -2.26. The Balaban J connectivity index is 2.86. The third-order valence-electron chi connectivity index (χ3n) is 6.71. The van der Waals surface area contributed by atoms with Gasteiger partial charge in [0, 0.05) is 0 Å². The molecule has 0 saturated carbocycles. The predicted octanol–water partition coefficient (Wildman–Crippen LogP) is 8.55. The highest BCUT2D eigenvalue weighted by molar-refractivity contribution is 7.47. The van der Waals surface area contributed by atoms with Crippen molar-refractivity contribution in [2.24, 2.45) is 0 Å². The largest absolute Gasteiger partial charge is 0.0894 e. The second-order valence-corrected chi connectivity index (χ2v) is 10.4. The molecular formula is C29H45P. The molecule has 0 bridgehead atoms. The summed E-state index contributed by atoms with van der Waals surface area (Å²) in [4.78, 5) is 0. The Morgan fingerprint density at radius 3 is 1.63 bits per heavy atom. The molecule has 0 heterocycles. The fourth-order valence-corrected chi connectivity index (χ4v) is 6.49. The lowest BCUT2D eigenvalue weighted by atomic mass is 9.83. The quantitative estimate of drug-likeness (QED) is 0.250. The van der Waals surface area contributed by atoms with Crippen LogP contribution in [0, 0.1) is 27.7 Å². The molecule has 0 fully saturated rings. The molecule has 2 rings (SSSR count). The SMILES string of the molecule is CCCCPc1c(C)c(C)c(C)c(C)c1-c1c(CCC)cc(CCC)cc1CCC. The summed E-state index contributed by atoms with van der Waals surface area (Å²) in [5, 5.41) is 1.65. The molecule has 0 nitrogen and oxygen atoms in total. The molecule has 0 N–H and O–H groups in total. The number of hydrogen-bond acceptors (Lipinski definition) is 0. The van der Waals surface area contributed by atoms with Crippen molar-refractivity contribution in [3.63, 3.8) is 0 Å². The minimum absolute atomic E-state index is 0.918. The van der Waals surface area contributed by atoms with Gasteiger partial charge in [-0.3, -0.25) is 0 Å². The molecule has 0 aliphatic heterocycles. The Labute approximate surface area is 189 Å². The Morgan fingerprint density at radius 1 is 0.600 bits per heavy atom. The van der Waals surface area contributed by atoms with Gasteiger partial charge in [0.1, 0.15) is 0 Å². The predicted molar refractivity (Wildman–Crippen MR) is 141 cm³/mol. The Kier molecular flexibility index (Phi) is 10.1. The number of unbranched alkanes of at least 4 members (excludes halogenated alkanes) is 1. The van der Waals surface area contributed by atoms with Gasteiger partial charge in [-0.2, -0.15) is 0 Å². The van der Waals surface area contributed by atoms with E-state index in [1.54, 1.807) is 38.7 Å². The van der Waals surface area contributed by atoms with Crippen LogP contribution in [0.25, 0.3) is 11.1 Å². The average Bonchev–Trinajstić information content (AvgIpc) is 2.72. The molecule has 0 radical (unpaired) electrons. The first-order valence-corrected chi connectivity index (χ1v) is 13.6. The van der Waals surface area contributed by atoms with E-state index >= 15 is 0 Å². The van der Waals surface area contributed by atoms with Crippen LogP contribution in [-0.4, -0.2) is 6.16 Å². The third-order valence-corrected chi connectivity index (χ3v) is 8.29. The van der Waals surface area contributed by atoms with Gasteiger partial charge < -0.3 is 0 Å². The molecule has 0 spiro atoms. The van der Waals surface area contributed by atoms with Crippen molar-refractivity contribution in [1.82, 2.24) is 0 Å². The summed E-state index contributed by atoms with van der Waals surface area (Å²) in [7, 11) is 0.918. The van der Waals surface area contributed by atoms with Crippen LogP contribution in [0.4, 0.5) is 0 Å². The van der Waals surface area contributed by atoms with Crippen LogP contribution < -0.4 is 5.30 Å². The van der Waals surface area contributed by atoms with Crippen LogP contribution in [0.15, 0.2) is 12.1 Å². The van der Waals surface area contributed by atoms with Crippen LogP contribution >= 0.6 is 8.58 Å². The van der Waals surface area contributed by atoms with Gasteiger partial charge in [-0.05, 0) is 115 Å². The molecule has 1 unspecified atom stereocenters. The summed E-state index contributed by atoms with van der Waals surface area (Å²) in [6, 6.07) is 5.09. The highest BCUT2D eigenvalue weighted by Gasteiger charge is 2.21. The highest BCUT2D eigenvalue weighted by atomic mass is 31.1. The number of hydrogen-bond donors (Lipinski definition) is 0. The van der Waals surface area contributed by atoms with Crippen LogP contribution in [0.1, 0.15) is 98.7 Å². The smallest absolute Gasteiger partial charge is 0.00693 e. The summed E-state index contributed by atoms with van der Waals surface area (Å²) in [5.41, 5.74) is 14.0. The molecule has 2 aromatic rings. The summed E-state index contributed by atoms with van der Waals surface area (Å²) in [5.74, 6) is 0. The summed E-state index contributed by atoms with van der Waals surface area (Å²) < 4.78 is 0. The monoisotopic (exact) mass is 424 g/mol. The van der Waals surface area contributed by atoms with Gasteiger partial charge in [-0.25, -0.2) is 0 Å². The Hall–Kier alpha value is -1.13. The second kappa shape index (κ2) is 12.0. The molecule has 1 atom stereocenters. The molecule has 0 aliphatic rings. The molecule has 0 aromatic heterocycles. The maximum Gasteiger partial charge on any atom is -0.00693 e. The van der Waals surface area contributed by atoms with E-state index in [1.807, 2.05) is 0 Å². The van der Waals surface area contributed by atoms with E-state index in [2.05, 4.69) is 67.5 Å². The van der Waals surface area contributed by atoms with Crippen molar-refractivity contribution >= 4 is 13.9 Å². The minimum Gasteiger partial charge on any atom is -0.0894 e. The van der Waals surface area contributed by atoms with Crippen molar-refractivity contribution < 1.29 is 0 Å². The van der Waals surface area contributed by atoms with E-state index in [4.69, 9.17) is 0 Å². The van der Waals surface area contributed by atoms with Gasteiger partial charge in [0.05, 0.1) is 0 Å². The maximum absolute atomic E-state index is 2.55. The average molecular weight is 425 g/mol. The highest BCUT2D eigenvalue weighted by Crippen LogP contribution is 2.38. The van der Waals surface area contributed by atoms with Crippen molar-refractivity contribution in [3.05, 3.63) is 51.1 Å². The molecule has 166 valence electrons. The standard InChI is InChI=1S/C29H45P/c1-9-13-17-30-29-23(8)21(6)20(5)22(7)27(29)28-25(15-11-3)18-24(14-10-2)19-26(28)16-12-4/h18-19,30H,9-17H2,1-8H3. The van der Waals surface area contributed by atoms with Crippen LogP contribution in [0.5, 0.6) is 0 Å². The van der Waals surface area contributed by atoms with Crippen LogP contribution in [0.2, 0.25) is 0 Å². The molecule has 0 aliphatic carbocycles. The summed E-state index contributed by atoms with van der Waals surface area (Å²) in [6.07, 6.45) is 11.2. The Morgan fingerprint density at radius 2 is 1.13 bits per heavy atom. The first-order chi connectivity index (χ1) is 14.4. The van der Waals surface area contributed by atoms with E-state index in [0.29, 0.717) is 0 Å². The van der Waals surface area contributed by atoms with E-state index in [0.717, 1.165) is 8.58 Å².